The van der Waals surface area contributed by atoms with Crippen LogP contribution in [0.3, 0.4) is 0 Å². The van der Waals surface area contributed by atoms with Crippen LogP contribution in [0.5, 0.6) is 0 Å². The number of benzene rings is 1. The Kier molecular flexibility index (Phi) is 7.72. The van der Waals surface area contributed by atoms with Gasteiger partial charge in [-0.3, -0.25) is 14.4 Å². The van der Waals surface area contributed by atoms with Crippen LogP contribution in [0.15, 0.2) is 18.2 Å². The number of likely N-dealkylation sites (tertiary alicyclic amines) is 1. The number of carbonyl (C=O) groups is 3. The van der Waals surface area contributed by atoms with Gasteiger partial charge in [-0.05, 0) is 37.5 Å². The average molecular weight is 400 g/mol. The number of amides is 3. The molecule has 1 aromatic rings. The first kappa shape index (κ1) is 20.5. The van der Waals surface area contributed by atoms with Gasteiger partial charge in [0.25, 0.3) is 5.91 Å². The van der Waals surface area contributed by atoms with Gasteiger partial charge in [-0.2, -0.15) is 0 Å². The zero-order valence-corrected chi connectivity index (χ0v) is 16.2. The molecule has 0 spiro atoms. The lowest BCUT2D eigenvalue weighted by Crippen LogP contribution is -2.46. The number of nitrogens with one attached hydrogen (secondary N) is 2. The summed E-state index contributed by atoms with van der Waals surface area (Å²) < 4.78 is 0. The van der Waals surface area contributed by atoms with E-state index in [-0.39, 0.29) is 34.9 Å². The lowest BCUT2D eigenvalue weighted by Gasteiger charge is -2.31. The molecule has 1 aliphatic rings. The third-order valence-electron chi connectivity index (χ3n) is 4.34. The van der Waals surface area contributed by atoms with Gasteiger partial charge in [0.2, 0.25) is 11.8 Å². The number of hydrogen-bond acceptors (Lipinski definition) is 3. The second-order valence-electron chi connectivity index (χ2n) is 6.25. The summed E-state index contributed by atoms with van der Waals surface area (Å²) in [6, 6.07) is 4.57. The molecule has 8 heteroatoms. The number of nitrogens with zero attached hydrogens (tertiary/aromatic N) is 1. The Morgan fingerprint density at radius 3 is 2.46 bits per heavy atom. The van der Waals surface area contributed by atoms with E-state index in [1.165, 1.54) is 12.1 Å². The van der Waals surface area contributed by atoms with E-state index in [1.807, 2.05) is 6.92 Å². The van der Waals surface area contributed by atoms with Crippen molar-refractivity contribution in [3.63, 3.8) is 0 Å². The van der Waals surface area contributed by atoms with Crippen LogP contribution in [0, 0.1) is 5.92 Å². The molecule has 0 unspecified atom stereocenters. The highest BCUT2D eigenvalue weighted by atomic mass is 35.5. The van der Waals surface area contributed by atoms with Gasteiger partial charge in [0, 0.05) is 30.6 Å². The number of rotatable bonds is 6. The average Bonchev–Trinajstić information content (AvgIpc) is 2.64. The monoisotopic (exact) mass is 399 g/mol. The van der Waals surface area contributed by atoms with E-state index in [4.69, 9.17) is 23.2 Å². The summed E-state index contributed by atoms with van der Waals surface area (Å²) in [6.45, 7) is 3.61. The van der Waals surface area contributed by atoms with Gasteiger partial charge >= 0.3 is 0 Å². The van der Waals surface area contributed by atoms with Crippen LogP contribution < -0.4 is 10.6 Å². The summed E-state index contributed by atoms with van der Waals surface area (Å²) >= 11 is 11.8. The van der Waals surface area contributed by atoms with Crippen molar-refractivity contribution in [2.24, 2.45) is 5.92 Å². The molecule has 0 bridgehead atoms. The minimum atomic E-state index is -0.422. The van der Waals surface area contributed by atoms with Crippen molar-refractivity contribution in [3.05, 3.63) is 33.8 Å². The molecule has 3 amide bonds. The molecule has 0 saturated carbocycles. The van der Waals surface area contributed by atoms with Crippen LogP contribution in [-0.2, 0) is 9.59 Å². The lowest BCUT2D eigenvalue weighted by atomic mass is 9.96. The van der Waals surface area contributed by atoms with E-state index in [9.17, 15) is 14.4 Å². The smallest absolute Gasteiger partial charge is 0.253 e. The molecule has 0 radical (unpaired) electrons. The first-order chi connectivity index (χ1) is 12.4. The third kappa shape index (κ3) is 5.61. The molecule has 0 atom stereocenters. The predicted molar refractivity (Wildman–Crippen MR) is 101 cm³/mol. The molecule has 26 heavy (non-hydrogen) atoms. The Morgan fingerprint density at radius 2 is 1.85 bits per heavy atom. The van der Waals surface area contributed by atoms with Crippen molar-refractivity contribution in [3.8, 4) is 0 Å². The molecule has 0 aliphatic carbocycles. The summed E-state index contributed by atoms with van der Waals surface area (Å²) in [5, 5.41) is 6.15. The standard InChI is InChI=1S/C18H23Cl2N3O3/c1-2-7-21-17(25)12-5-8-23(9-6-12)16(24)11-22-18(26)14-4-3-13(19)10-15(14)20/h3-4,10,12H,2,5-9,11H2,1H3,(H,21,25)(H,22,26). The van der Waals surface area contributed by atoms with E-state index in [0.717, 1.165) is 6.42 Å². The number of hydrogen-bond donors (Lipinski definition) is 2. The van der Waals surface area contributed by atoms with Crippen LogP contribution in [0.1, 0.15) is 36.5 Å². The van der Waals surface area contributed by atoms with Gasteiger partial charge in [0.1, 0.15) is 0 Å². The molecule has 2 rings (SSSR count). The largest absolute Gasteiger partial charge is 0.356 e. The molecule has 1 heterocycles. The van der Waals surface area contributed by atoms with Gasteiger partial charge in [-0.15, -0.1) is 0 Å². The van der Waals surface area contributed by atoms with Crippen molar-refractivity contribution >= 4 is 40.9 Å². The fraction of sp³-hybridized carbons (Fsp3) is 0.500. The van der Waals surface area contributed by atoms with E-state index < -0.39 is 5.91 Å². The molecule has 142 valence electrons. The molecule has 1 aromatic carbocycles. The third-order valence-corrected chi connectivity index (χ3v) is 4.89. The van der Waals surface area contributed by atoms with Gasteiger partial charge in [-0.25, -0.2) is 0 Å². The van der Waals surface area contributed by atoms with Crippen molar-refractivity contribution in [1.82, 2.24) is 15.5 Å². The molecule has 2 N–H and O–H groups in total. The number of piperidine rings is 1. The zero-order valence-electron chi connectivity index (χ0n) is 14.7. The Bertz CT molecular complexity index is 674. The summed E-state index contributed by atoms with van der Waals surface area (Å²) in [5.41, 5.74) is 0.273. The van der Waals surface area contributed by atoms with Crippen molar-refractivity contribution in [2.45, 2.75) is 26.2 Å². The SMILES string of the molecule is CCCNC(=O)C1CCN(C(=O)CNC(=O)c2ccc(Cl)cc2Cl)CC1. The van der Waals surface area contributed by atoms with Crippen molar-refractivity contribution in [1.29, 1.82) is 0 Å². The maximum atomic E-state index is 12.3. The van der Waals surface area contributed by atoms with E-state index in [0.29, 0.717) is 37.5 Å². The lowest BCUT2D eigenvalue weighted by molar-refractivity contribution is -0.134. The van der Waals surface area contributed by atoms with Gasteiger partial charge in [0.05, 0.1) is 17.1 Å². The Labute approximate surface area is 163 Å². The van der Waals surface area contributed by atoms with Gasteiger partial charge in [-0.1, -0.05) is 30.1 Å². The maximum Gasteiger partial charge on any atom is 0.253 e. The van der Waals surface area contributed by atoms with Crippen LogP contribution in [0.2, 0.25) is 10.0 Å². The van der Waals surface area contributed by atoms with Crippen molar-refractivity contribution < 1.29 is 14.4 Å². The number of carbonyl (C=O) groups excluding carboxylic acids is 3. The minimum Gasteiger partial charge on any atom is -0.356 e. The minimum absolute atomic E-state index is 0.0481. The van der Waals surface area contributed by atoms with E-state index in [1.54, 1.807) is 11.0 Å². The van der Waals surface area contributed by atoms with Gasteiger partial charge < -0.3 is 15.5 Å². The molecule has 1 aliphatic heterocycles. The number of halogens is 2. The predicted octanol–water partition coefficient (Wildman–Crippen LogP) is 2.49. The van der Waals surface area contributed by atoms with Crippen LogP contribution >= 0.6 is 23.2 Å². The van der Waals surface area contributed by atoms with E-state index in [2.05, 4.69) is 10.6 Å². The Morgan fingerprint density at radius 1 is 1.15 bits per heavy atom. The first-order valence-corrected chi connectivity index (χ1v) is 9.46. The van der Waals surface area contributed by atoms with Crippen LogP contribution in [0.4, 0.5) is 0 Å². The highest BCUT2D eigenvalue weighted by Gasteiger charge is 2.27. The Balaban J connectivity index is 1.78. The van der Waals surface area contributed by atoms with Gasteiger partial charge in [0.15, 0.2) is 0 Å². The van der Waals surface area contributed by atoms with Crippen LogP contribution in [-0.4, -0.2) is 48.8 Å². The van der Waals surface area contributed by atoms with Crippen molar-refractivity contribution in [2.75, 3.05) is 26.2 Å². The fourth-order valence-electron chi connectivity index (χ4n) is 2.82. The highest BCUT2D eigenvalue weighted by Crippen LogP contribution is 2.21. The molecule has 1 fully saturated rings. The molecule has 6 nitrogen and oxygen atoms in total. The summed E-state index contributed by atoms with van der Waals surface area (Å²) in [4.78, 5) is 38.1. The highest BCUT2D eigenvalue weighted by molar-refractivity contribution is 6.36. The Hall–Kier alpha value is -1.79. The summed E-state index contributed by atoms with van der Waals surface area (Å²) in [5.74, 6) is -0.581. The van der Waals surface area contributed by atoms with E-state index >= 15 is 0 Å². The van der Waals surface area contributed by atoms with Crippen LogP contribution in [0.25, 0.3) is 0 Å². The second kappa shape index (κ2) is 9.78. The fourth-order valence-corrected chi connectivity index (χ4v) is 3.31. The zero-order chi connectivity index (χ0) is 19.1. The topological polar surface area (TPSA) is 78.5 Å². The quantitative estimate of drug-likeness (QED) is 0.770. The molecular formula is C18H23Cl2N3O3. The maximum absolute atomic E-state index is 12.3. The molecular weight excluding hydrogens is 377 g/mol. The first-order valence-electron chi connectivity index (χ1n) is 8.71. The molecule has 1 saturated heterocycles. The summed E-state index contributed by atoms with van der Waals surface area (Å²) in [6.07, 6.45) is 2.18. The summed E-state index contributed by atoms with van der Waals surface area (Å²) in [7, 11) is 0. The second-order valence-corrected chi connectivity index (χ2v) is 7.10. The normalized spacial score (nSPS) is 14.8. The molecule has 0 aromatic heterocycles.